The Bertz CT molecular complexity index is 1140. The van der Waals surface area contributed by atoms with E-state index in [1.165, 1.54) is 30.7 Å². The van der Waals surface area contributed by atoms with Gasteiger partial charge in [-0.25, -0.2) is 22.9 Å². The van der Waals surface area contributed by atoms with Crippen molar-refractivity contribution in [3.8, 4) is 0 Å². The van der Waals surface area contributed by atoms with E-state index in [1.807, 2.05) is 4.72 Å². The van der Waals surface area contributed by atoms with Gasteiger partial charge in [0.1, 0.15) is 5.69 Å². The van der Waals surface area contributed by atoms with Crippen LogP contribution < -0.4 is 10.0 Å². The van der Waals surface area contributed by atoms with Crippen molar-refractivity contribution in [2.24, 2.45) is 5.92 Å². The van der Waals surface area contributed by atoms with Gasteiger partial charge in [0.25, 0.3) is 15.9 Å². The first-order valence-electron chi connectivity index (χ1n) is 11.8. The number of hydrogen-bond donors (Lipinski definition) is 2. The minimum atomic E-state index is -4.10. The number of carbonyl (C=O) groups excluding carboxylic acids is 3. The highest BCUT2D eigenvalue weighted by molar-refractivity contribution is 7.90. The van der Waals surface area contributed by atoms with Crippen LogP contribution in [-0.2, 0) is 26.0 Å². The lowest BCUT2D eigenvalue weighted by molar-refractivity contribution is -0.125. The van der Waals surface area contributed by atoms with E-state index in [-0.39, 0.29) is 34.1 Å². The number of hydrogen-bond acceptors (Lipinski definition) is 7. The Hall–Kier alpha value is -3.27. The van der Waals surface area contributed by atoms with Crippen molar-refractivity contribution in [1.29, 1.82) is 0 Å². The molecule has 10 heteroatoms. The molecule has 2 amide bonds. The monoisotopic (exact) mass is 501 g/mol. The molecule has 1 aromatic heterocycles. The summed E-state index contributed by atoms with van der Waals surface area (Å²) in [6.45, 7) is 3.88. The second-order valence-electron chi connectivity index (χ2n) is 8.84. The van der Waals surface area contributed by atoms with Gasteiger partial charge in [0.15, 0.2) is 0 Å². The van der Waals surface area contributed by atoms with Crippen LogP contribution >= 0.6 is 0 Å². The summed E-state index contributed by atoms with van der Waals surface area (Å²) in [7, 11) is -4.10. The minimum absolute atomic E-state index is 0.0139. The molecule has 0 radical (unpaired) electrons. The van der Waals surface area contributed by atoms with Crippen LogP contribution in [0.5, 0.6) is 0 Å². The molecule has 3 rings (SSSR count). The molecule has 1 saturated carbocycles. The maximum absolute atomic E-state index is 12.6. The van der Waals surface area contributed by atoms with Crippen molar-refractivity contribution in [2.75, 3.05) is 6.54 Å². The molecule has 1 fully saturated rings. The molecule has 1 aromatic carbocycles. The van der Waals surface area contributed by atoms with Gasteiger partial charge in [0, 0.05) is 18.7 Å². The lowest BCUT2D eigenvalue weighted by atomic mass is 9.88. The van der Waals surface area contributed by atoms with Crippen molar-refractivity contribution in [3.63, 3.8) is 0 Å². The first-order chi connectivity index (χ1) is 16.7. The topological polar surface area (TPSA) is 132 Å². The van der Waals surface area contributed by atoms with Crippen LogP contribution in [0.4, 0.5) is 0 Å². The average Bonchev–Trinajstić information content (AvgIpc) is 2.84. The van der Waals surface area contributed by atoms with Crippen LogP contribution in [0.3, 0.4) is 0 Å². The Morgan fingerprint density at radius 2 is 1.71 bits per heavy atom. The van der Waals surface area contributed by atoms with Crippen LogP contribution in [-0.4, -0.2) is 43.8 Å². The Balaban J connectivity index is 1.53. The summed E-state index contributed by atoms with van der Waals surface area (Å²) in [4.78, 5) is 40.3. The molecule has 35 heavy (non-hydrogen) atoms. The quantitative estimate of drug-likeness (QED) is 0.505. The van der Waals surface area contributed by atoms with Crippen LogP contribution in [0.15, 0.2) is 47.5 Å². The van der Waals surface area contributed by atoms with Gasteiger partial charge in [-0.15, -0.1) is 0 Å². The Labute approximate surface area is 205 Å². The molecule has 9 nitrogen and oxygen atoms in total. The molecule has 0 spiro atoms. The van der Waals surface area contributed by atoms with Gasteiger partial charge in [0.05, 0.1) is 16.6 Å². The average molecular weight is 502 g/mol. The number of nitrogens with zero attached hydrogens (tertiary/aromatic N) is 1. The van der Waals surface area contributed by atoms with Crippen LogP contribution in [0.25, 0.3) is 0 Å². The van der Waals surface area contributed by atoms with Gasteiger partial charge >= 0.3 is 5.97 Å². The van der Waals surface area contributed by atoms with Crippen LogP contribution in [0.2, 0.25) is 0 Å². The minimum Gasteiger partial charge on any atom is -0.458 e. The van der Waals surface area contributed by atoms with Crippen molar-refractivity contribution < 1.29 is 27.5 Å². The molecule has 0 aliphatic heterocycles. The molecule has 1 aliphatic carbocycles. The summed E-state index contributed by atoms with van der Waals surface area (Å²) >= 11 is 0. The fourth-order valence-electron chi connectivity index (χ4n) is 3.84. The molecule has 0 atom stereocenters. The highest BCUT2D eigenvalue weighted by Gasteiger charge is 2.21. The number of ether oxygens (including phenoxy) is 1. The van der Waals surface area contributed by atoms with Crippen molar-refractivity contribution in [2.45, 2.75) is 63.4 Å². The normalized spacial score (nSPS) is 14.4. The van der Waals surface area contributed by atoms with Gasteiger partial charge in [-0.1, -0.05) is 31.4 Å². The maximum Gasteiger partial charge on any atom is 0.357 e. The smallest absolute Gasteiger partial charge is 0.357 e. The zero-order valence-corrected chi connectivity index (χ0v) is 20.8. The standard InChI is InChI=1S/C25H31N3O6S/c1-17(2)34-25(31)22-13-10-20(16-27-22)24(30)28-35(32,33)21-11-8-18(9-12-21)14-15-26-23(29)19-6-4-3-5-7-19/h8-13,16-17,19H,3-7,14-15H2,1-2H3,(H,26,29)(H,28,30). The van der Waals surface area contributed by atoms with E-state index in [0.717, 1.165) is 37.4 Å². The summed E-state index contributed by atoms with van der Waals surface area (Å²) in [5, 5.41) is 2.96. The third kappa shape index (κ3) is 7.61. The van der Waals surface area contributed by atoms with Gasteiger partial charge in [-0.2, -0.15) is 0 Å². The number of nitrogens with one attached hydrogen (secondary N) is 2. The zero-order chi connectivity index (χ0) is 25.4. The fraction of sp³-hybridized carbons (Fsp3) is 0.440. The Morgan fingerprint density at radius 3 is 2.31 bits per heavy atom. The molecule has 2 aromatic rings. The largest absolute Gasteiger partial charge is 0.458 e. The van der Waals surface area contributed by atoms with E-state index in [2.05, 4.69) is 10.3 Å². The van der Waals surface area contributed by atoms with Crippen LogP contribution in [0, 0.1) is 5.92 Å². The molecule has 188 valence electrons. The fourth-order valence-corrected chi connectivity index (χ4v) is 4.81. The molecule has 1 aliphatic rings. The second kappa shape index (κ2) is 11.9. The first kappa shape index (κ1) is 26.3. The molecule has 0 unspecified atom stereocenters. The highest BCUT2D eigenvalue weighted by Crippen LogP contribution is 2.23. The Kier molecular flexibility index (Phi) is 8.97. The number of benzene rings is 1. The number of sulfonamides is 1. The predicted octanol–water partition coefficient (Wildman–Crippen LogP) is 3.00. The van der Waals surface area contributed by atoms with Gasteiger partial charge in [-0.3, -0.25) is 9.59 Å². The lowest BCUT2D eigenvalue weighted by Crippen LogP contribution is -2.33. The van der Waals surface area contributed by atoms with Gasteiger partial charge in [0.2, 0.25) is 5.91 Å². The first-order valence-corrected chi connectivity index (χ1v) is 13.2. The van der Waals surface area contributed by atoms with E-state index in [1.54, 1.807) is 26.0 Å². The van der Waals surface area contributed by atoms with Crippen LogP contribution in [0.1, 0.15) is 72.4 Å². The zero-order valence-electron chi connectivity index (χ0n) is 20.0. The predicted molar refractivity (Wildman–Crippen MR) is 129 cm³/mol. The number of aromatic nitrogens is 1. The van der Waals surface area contributed by atoms with E-state index in [9.17, 15) is 22.8 Å². The summed E-state index contributed by atoms with van der Waals surface area (Å²) < 4.78 is 32.3. The molecular formula is C25H31N3O6S. The maximum atomic E-state index is 12.6. The van der Waals surface area contributed by atoms with Crippen molar-refractivity contribution in [3.05, 3.63) is 59.4 Å². The molecule has 1 heterocycles. The summed E-state index contributed by atoms with van der Waals surface area (Å²) in [5.41, 5.74) is 0.871. The van der Waals surface area contributed by atoms with E-state index in [0.29, 0.717) is 13.0 Å². The van der Waals surface area contributed by atoms with Gasteiger partial charge in [-0.05, 0) is 62.9 Å². The number of carbonyl (C=O) groups is 3. The third-order valence-corrected chi connectivity index (χ3v) is 7.07. The number of rotatable bonds is 9. The highest BCUT2D eigenvalue weighted by atomic mass is 32.2. The number of amides is 2. The van der Waals surface area contributed by atoms with Crippen molar-refractivity contribution in [1.82, 2.24) is 15.0 Å². The van der Waals surface area contributed by atoms with E-state index < -0.39 is 21.9 Å². The van der Waals surface area contributed by atoms with Crippen molar-refractivity contribution >= 4 is 27.8 Å². The molecule has 0 bridgehead atoms. The van der Waals surface area contributed by atoms with E-state index in [4.69, 9.17) is 4.74 Å². The molecular weight excluding hydrogens is 470 g/mol. The lowest BCUT2D eigenvalue weighted by Gasteiger charge is -2.20. The van der Waals surface area contributed by atoms with Gasteiger partial charge < -0.3 is 10.1 Å². The second-order valence-corrected chi connectivity index (χ2v) is 10.5. The number of esters is 1. The third-order valence-electron chi connectivity index (χ3n) is 5.73. The molecule has 0 saturated heterocycles. The summed E-state index contributed by atoms with van der Waals surface area (Å²) in [6, 6.07) is 8.74. The summed E-state index contributed by atoms with van der Waals surface area (Å²) in [6.07, 6.45) is 6.64. The van der Waals surface area contributed by atoms with E-state index >= 15 is 0 Å². The Morgan fingerprint density at radius 1 is 1.03 bits per heavy atom. The SMILES string of the molecule is CC(C)OC(=O)c1ccc(C(=O)NS(=O)(=O)c2ccc(CCNC(=O)C3CCCCC3)cc2)cn1. The molecule has 2 N–H and O–H groups in total. The summed E-state index contributed by atoms with van der Waals surface area (Å²) in [5.74, 6) is -1.31. The number of pyridine rings is 1.